The minimum atomic E-state index is -0.130. The maximum absolute atomic E-state index is 10.2. The summed E-state index contributed by atoms with van der Waals surface area (Å²) in [5.74, 6) is 3.37. The van der Waals surface area contributed by atoms with E-state index in [0.717, 1.165) is 25.2 Å². The number of allylic oxidation sites excluding steroid dienone is 7. The molecule has 4 aliphatic carbocycles. The van der Waals surface area contributed by atoms with Crippen molar-refractivity contribution in [3.05, 3.63) is 47.1 Å². The zero-order valence-corrected chi connectivity index (χ0v) is 19.5. The lowest BCUT2D eigenvalue weighted by Gasteiger charge is -2.53. The quantitative estimate of drug-likeness (QED) is 0.498. The van der Waals surface area contributed by atoms with E-state index >= 15 is 0 Å². The van der Waals surface area contributed by atoms with Crippen LogP contribution in [0.5, 0.6) is 0 Å². The Morgan fingerprint density at radius 2 is 1.72 bits per heavy atom. The fourth-order valence-corrected chi connectivity index (χ4v) is 6.93. The van der Waals surface area contributed by atoms with Gasteiger partial charge in [0, 0.05) is 0 Å². The predicted octanol–water partition coefficient (Wildman–Crippen LogP) is 7.25. The molecular formula is C28H42O. The van der Waals surface area contributed by atoms with Gasteiger partial charge in [0.15, 0.2) is 0 Å². The zero-order valence-electron chi connectivity index (χ0n) is 19.5. The number of aliphatic hydroxyl groups is 1. The standard InChI is InChI=1S/C28H42O/c1-18(2)19(3)7-8-20(4)24-11-12-25-23-10-9-21-17-22(29)13-15-27(21,5)26(23)14-16-28(24,25)6/h7-10,12,18-20,22,24,26,29H,11,13-17H2,1-6H3/b8-7+/t19-,20+,22-,24+,26-,27-,28+/m0/s1. The second-order valence-electron chi connectivity index (χ2n) is 11.4. The Morgan fingerprint density at radius 1 is 1.00 bits per heavy atom. The molecule has 4 aliphatic rings. The molecule has 1 heteroatoms. The Balaban J connectivity index is 1.58. The molecule has 2 saturated carbocycles. The van der Waals surface area contributed by atoms with E-state index in [2.05, 4.69) is 71.9 Å². The summed E-state index contributed by atoms with van der Waals surface area (Å²) in [7, 11) is 0. The highest BCUT2D eigenvalue weighted by Crippen LogP contribution is 2.64. The van der Waals surface area contributed by atoms with Gasteiger partial charge in [-0.25, -0.2) is 0 Å². The van der Waals surface area contributed by atoms with Crippen LogP contribution in [0.3, 0.4) is 0 Å². The van der Waals surface area contributed by atoms with Crippen LogP contribution in [-0.2, 0) is 0 Å². The first kappa shape index (κ1) is 21.2. The van der Waals surface area contributed by atoms with Crippen LogP contribution in [0.15, 0.2) is 47.1 Å². The first-order chi connectivity index (χ1) is 13.7. The molecule has 29 heavy (non-hydrogen) atoms. The lowest BCUT2D eigenvalue weighted by molar-refractivity contribution is 0.0719. The maximum atomic E-state index is 10.2. The van der Waals surface area contributed by atoms with E-state index < -0.39 is 0 Å². The monoisotopic (exact) mass is 394 g/mol. The van der Waals surface area contributed by atoms with Crippen LogP contribution in [0, 0.1) is 40.4 Å². The molecular weight excluding hydrogens is 352 g/mol. The van der Waals surface area contributed by atoms with Crippen LogP contribution in [0.25, 0.3) is 0 Å². The van der Waals surface area contributed by atoms with E-state index in [-0.39, 0.29) is 11.5 Å². The molecule has 4 rings (SSSR count). The Hall–Kier alpha value is -1.08. The minimum absolute atomic E-state index is 0.130. The molecule has 160 valence electrons. The lowest BCUT2D eigenvalue weighted by Crippen LogP contribution is -2.44. The van der Waals surface area contributed by atoms with E-state index in [4.69, 9.17) is 0 Å². The first-order valence-electron chi connectivity index (χ1n) is 12.2. The molecule has 2 fully saturated rings. The summed E-state index contributed by atoms with van der Waals surface area (Å²) >= 11 is 0. The van der Waals surface area contributed by atoms with E-state index in [9.17, 15) is 5.11 Å². The van der Waals surface area contributed by atoms with E-state index in [1.807, 2.05) is 0 Å². The van der Waals surface area contributed by atoms with Gasteiger partial charge in [-0.3, -0.25) is 0 Å². The lowest BCUT2D eigenvalue weighted by atomic mass is 9.51. The average molecular weight is 395 g/mol. The van der Waals surface area contributed by atoms with Crippen LogP contribution in [-0.4, -0.2) is 11.2 Å². The normalized spacial score (nSPS) is 41.2. The van der Waals surface area contributed by atoms with Gasteiger partial charge < -0.3 is 5.11 Å². The largest absolute Gasteiger partial charge is 0.393 e. The summed E-state index contributed by atoms with van der Waals surface area (Å²) in [6, 6.07) is 0. The van der Waals surface area contributed by atoms with Crippen molar-refractivity contribution < 1.29 is 5.11 Å². The summed E-state index contributed by atoms with van der Waals surface area (Å²) < 4.78 is 0. The van der Waals surface area contributed by atoms with E-state index in [1.165, 1.54) is 24.8 Å². The van der Waals surface area contributed by atoms with Crippen molar-refractivity contribution in [2.75, 3.05) is 0 Å². The fraction of sp³-hybridized carbons (Fsp3) is 0.714. The third-order valence-electron chi connectivity index (χ3n) is 9.47. The van der Waals surface area contributed by atoms with E-state index in [0.29, 0.717) is 29.1 Å². The van der Waals surface area contributed by atoms with Crippen LogP contribution >= 0.6 is 0 Å². The molecule has 0 aromatic carbocycles. The van der Waals surface area contributed by atoms with Crippen molar-refractivity contribution in [1.29, 1.82) is 0 Å². The van der Waals surface area contributed by atoms with Gasteiger partial charge in [-0.1, -0.05) is 77.5 Å². The molecule has 7 atom stereocenters. The van der Waals surface area contributed by atoms with Crippen LogP contribution < -0.4 is 0 Å². The second kappa shape index (κ2) is 7.56. The zero-order chi connectivity index (χ0) is 21.0. The average Bonchev–Trinajstić information content (AvgIpc) is 3.03. The van der Waals surface area contributed by atoms with Crippen molar-refractivity contribution in [3.63, 3.8) is 0 Å². The molecule has 1 N–H and O–H groups in total. The molecule has 0 heterocycles. The smallest absolute Gasteiger partial charge is 0.0578 e. The number of hydrogen-bond acceptors (Lipinski definition) is 1. The van der Waals surface area contributed by atoms with Crippen molar-refractivity contribution in [2.24, 2.45) is 40.4 Å². The van der Waals surface area contributed by atoms with Crippen LogP contribution in [0.2, 0.25) is 0 Å². The molecule has 0 unspecified atom stereocenters. The summed E-state index contributed by atoms with van der Waals surface area (Å²) in [5.41, 5.74) is 5.39. The third kappa shape index (κ3) is 3.42. The molecule has 0 spiro atoms. The van der Waals surface area contributed by atoms with Gasteiger partial charge in [-0.15, -0.1) is 0 Å². The number of hydrogen-bond donors (Lipinski definition) is 1. The number of rotatable bonds is 4. The highest BCUT2D eigenvalue weighted by atomic mass is 16.3. The van der Waals surface area contributed by atoms with Crippen molar-refractivity contribution in [1.82, 2.24) is 0 Å². The van der Waals surface area contributed by atoms with Crippen molar-refractivity contribution in [2.45, 2.75) is 86.2 Å². The molecule has 0 aromatic rings. The predicted molar refractivity (Wildman–Crippen MR) is 123 cm³/mol. The van der Waals surface area contributed by atoms with Gasteiger partial charge in [-0.05, 0) is 90.1 Å². The second-order valence-corrected chi connectivity index (χ2v) is 11.4. The minimum Gasteiger partial charge on any atom is -0.393 e. The molecule has 0 aliphatic heterocycles. The molecule has 1 nitrogen and oxygen atoms in total. The van der Waals surface area contributed by atoms with Crippen LogP contribution in [0.4, 0.5) is 0 Å². The molecule has 0 bridgehead atoms. The Kier molecular flexibility index (Phi) is 5.52. The van der Waals surface area contributed by atoms with Crippen molar-refractivity contribution in [3.8, 4) is 0 Å². The van der Waals surface area contributed by atoms with Gasteiger partial charge in [0.2, 0.25) is 0 Å². The molecule has 0 amide bonds. The van der Waals surface area contributed by atoms with Crippen LogP contribution in [0.1, 0.15) is 80.1 Å². The molecule has 0 saturated heterocycles. The Morgan fingerprint density at radius 3 is 2.45 bits per heavy atom. The van der Waals surface area contributed by atoms with Gasteiger partial charge >= 0.3 is 0 Å². The molecule has 0 aromatic heterocycles. The molecule has 0 radical (unpaired) electrons. The highest BCUT2D eigenvalue weighted by Gasteiger charge is 2.53. The van der Waals surface area contributed by atoms with Gasteiger partial charge in [-0.2, -0.15) is 0 Å². The van der Waals surface area contributed by atoms with Gasteiger partial charge in [0.05, 0.1) is 6.10 Å². The van der Waals surface area contributed by atoms with E-state index in [1.54, 1.807) is 11.1 Å². The van der Waals surface area contributed by atoms with Gasteiger partial charge in [0.1, 0.15) is 0 Å². The Labute approximate surface area is 179 Å². The maximum Gasteiger partial charge on any atom is 0.0578 e. The summed E-state index contributed by atoms with van der Waals surface area (Å²) in [4.78, 5) is 0. The van der Waals surface area contributed by atoms with Gasteiger partial charge in [0.25, 0.3) is 0 Å². The van der Waals surface area contributed by atoms with Crippen molar-refractivity contribution >= 4 is 0 Å². The summed E-state index contributed by atoms with van der Waals surface area (Å²) in [6.45, 7) is 14.5. The first-order valence-corrected chi connectivity index (χ1v) is 12.2. The highest BCUT2D eigenvalue weighted by molar-refractivity contribution is 5.51. The topological polar surface area (TPSA) is 20.2 Å². The number of aliphatic hydroxyl groups excluding tert-OH is 1. The third-order valence-corrected chi connectivity index (χ3v) is 9.47. The Bertz CT molecular complexity index is 765. The number of fused-ring (bicyclic) bond motifs is 5. The SMILES string of the molecule is CC(C)[C@@H](C)/C=C/[C@@H](C)[C@H]1CC=C2C3=CC=C4C[C@@H](O)CC[C@]4(C)[C@H]3CC[C@@]21C. The summed E-state index contributed by atoms with van der Waals surface area (Å²) in [6.07, 6.45) is 19.1. The fourth-order valence-electron chi connectivity index (χ4n) is 6.93. The summed E-state index contributed by atoms with van der Waals surface area (Å²) in [5, 5.41) is 10.2.